The van der Waals surface area contributed by atoms with E-state index < -0.39 is 10.8 Å². The van der Waals surface area contributed by atoms with Crippen LogP contribution in [-0.2, 0) is 10.8 Å². The maximum Gasteiger partial charge on any atom is 0.0714 e. The third kappa shape index (κ3) is 8.06. The van der Waals surface area contributed by atoms with Crippen LogP contribution in [0.1, 0.15) is 44.5 Å². The molecule has 418 valence electrons. The minimum absolute atomic E-state index is 0.548. The summed E-state index contributed by atoms with van der Waals surface area (Å²) >= 11 is 0. The average Bonchev–Trinajstić information content (AvgIpc) is 1.58. The van der Waals surface area contributed by atoms with Gasteiger partial charge in [0.1, 0.15) is 0 Å². The van der Waals surface area contributed by atoms with E-state index in [2.05, 4.69) is 372 Å². The lowest BCUT2D eigenvalue weighted by Crippen LogP contribution is -2.28. The lowest BCUT2D eigenvalue weighted by Gasteiger charge is -2.35. The fourth-order valence-electron chi connectivity index (χ4n) is 15.3. The summed E-state index contributed by atoms with van der Waals surface area (Å²) in [4.78, 5) is 5.01. The van der Waals surface area contributed by atoms with Crippen LogP contribution in [-0.4, -0.2) is 4.57 Å². The minimum atomic E-state index is -0.602. The van der Waals surface area contributed by atoms with Crippen LogP contribution in [0.5, 0.6) is 0 Å². The van der Waals surface area contributed by atoms with Crippen molar-refractivity contribution < 1.29 is 0 Å². The summed E-state index contributed by atoms with van der Waals surface area (Å²) in [5, 5.41) is 2.31. The Balaban J connectivity index is 0.960. The van der Waals surface area contributed by atoms with E-state index in [0.717, 1.165) is 61.6 Å². The van der Waals surface area contributed by atoms with Gasteiger partial charge < -0.3 is 14.4 Å². The molecule has 17 rings (SSSR count). The van der Waals surface area contributed by atoms with E-state index in [1.54, 1.807) is 0 Å². The van der Waals surface area contributed by atoms with Gasteiger partial charge in [0.15, 0.2) is 0 Å². The van der Waals surface area contributed by atoms with Gasteiger partial charge in [0.05, 0.1) is 33.2 Å². The largest absolute Gasteiger partial charge is 0.310 e. The summed E-state index contributed by atoms with van der Waals surface area (Å²) in [6.45, 7) is 0. The molecule has 1 heterocycles. The van der Waals surface area contributed by atoms with Crippen molar-refractivity contribution in [2.24, 2.45) is 0 Å². The second-order valence-electron chi connectivity index (χ2n) is 23.5. The molecule has 0 amide bonds. The zero-order chi connectivity index (χ0) is 58.9. The molecule has 3 nitrogen and oxygen atoms in total. The molecule has 89 heavy (non-hydrogen) atoms. The van der Waals surface area contributed by atoms with Crippen molar-refractivity contribution in [1.82, 2.24) is 4.57 Å². The molecule has 0 saturated carbocycles. The number of rotatable bonds is 12. The van der Waals surface area contributed by atoms with E-state index in [1.165, 1.54) is 77.9 Å². The first kappa shape index (κ1) is 51.9. The first-order chi connectivity index (χ1) is 44.2. The minimum Gasteiger partial charge on any atom is -0.310 e. The molecule has 3 heteroatoms. The summed E-state index contributed by atoms with van der Waals surface area (Å²) in [6, 6.07) is 133. The Kier molecular flexibility index (Phi) is 12.3. The number of nitrogens with zero attached hydrogens (tertiary/aromatic N) is 3. The summed E-state index contributed by atoms with van der Waals surface area (Å²) in [6.07, 6.45) is 0. The van der Waals surface area contributed by atoms with Crippen LogP contribution in [0.25, 0.3) is 60.9 Å². The molecule has 1 aromatic heterocycles. The second kappa shape index (κ2) is 21.2. The highest BCUT2D eigenvalue weighted by Crippen LogP contribution is 2.60. The van der Waals surface area contributed by atoms with Crippen LogP contribution >= 0.6 is 0 Å². The predicted octanol–water partition coefficient (Wildman–Crippen LogP) is 22.1. The fourth-order valence-corrected chi connectivity index (χ4v) is 15.3. The van der Waals surface area contributed by atoms with Gasteiger partial charge in [0.25, 0.3) is 0 Å². The van der Waals surface area contributed by atoms with Gasteiger partial charge in [0.2, 0.25) is 0 Å². The Morgan fingerprint density at radius 1 is 0.236 bits per heavy atom. The first-order valence-corrected chi connectivity index (χ1v) is 30.8. The van der Waals surface area contributed by atoms with E-state index in [9.17, 15) is 0 Å². The Bertz CT molecular complexity index is 5020. The standard InChI is InChI=1S/C86H59N3/c1-8-28-60(29-9-1)61-48-50-68(51-49-61)89-81-47-27-24-44-75(81)84-82(88(67-40-20-7-21-41-67)69-53-55-79-76(56-69)73-43-23-26-46-78(73)85(79,62-30-10-2-11-31-62)63-32-12-3-13-33-63)58-71(59-83(84)89)87(66-38-18-6-19-39-66)70-52-54-74-72-42-22-25-45-77(72)86(80(74)57-70,64-34-14-4-15-35-64)65-36-16-5-17-37-65/h1-59H. The number of hydrogen-bond acceptors (Lipinski definition) is 2. The number of fused-ring (bicyclic) bond motifs is 9. The lowest BCUT2D eigenvalue weighted by molar-refractivity contribution is 0.768. The fraction of sp³-hybridized carbons (Fsp3) is 0.0233. The van der Waals surface area contributed by atoms with E-state index in [0.29, 0.717) is 0 Å². The number of para-hydroxylation sites is 3. The molecular formula is C86H59N3. The summed E-state index contributed by atoms with van der Waals surface area (Å²) < 4.78 is 2.49. The molecule has 0 atom stereocenters. The van der Waals surface area contributed by atoms with Gasteiger partial charge in [-0.3, -0.25) is 0 Å². The predicted molar refractivity (Wildman–Crippen MR) is 370 cm³/mol. The lowest BCUT2D eigenvalue weighted by atomic mass is 9.67. The molecule has 0 N–H and O–H groups in total. The molecule has 2 aliphatic rings. The Morgan fingerprint density at radius 2 is 0.652 bits per heavy atom. The highest BCUT2D eigenvalue weighted by molar-refractivity contribution is 6.18. The van der Waals surface area contributed by atoms with Crippen LogP contribution in [0.15, 0.2) is 358 Å². The Hall–Kier alpha value is -11.5. The van der Waals surface area contributed by atoms with Crippen LogP contribution in [0.4, 0.5) is 34.1 Å². The molecule has 0 spiro atoms. The monoisotopic (exact) mass is 1130 g/mol. The highest BCUT2D eigenvalue weighted by Gasteiger charge is 2.48. The smallest absolute Gasteiger partial charge is 0.0714 e. The van der Waals surface area contributed by atoms with Crippen LogP contribution < -0.4 is 9.80 Å². The van der Waals surface area contributed by atoms with E-state index >= 15 is 0 Å². The third-order valence-electron chi connectivity index (χ3n) is 18.9. The van der Waals surface area contributed by atoms with Gasteiger partial charge in [-0.1, -0.05) is 279 Å². The molecule has 0 radical (unpaired) electrons. The number of benzene rings is 14. The highest BCUT2D eigenvalue weighted by atomic mass is 15.2. The molecule has 15 aromatic rings. The maximum atomic E-state index is 2.52. The molecule has 0 fully saturated rings. The summed E-state index contributed by atoms with van der Waals surface area (Å²) in [5.74, 6) is 0. The number of hydrogen-bond donors (Lipinski definition) is 0. The van der Waals surface area contributed by atoms with Crippen LogP contribution in [0.3, 0.4) is 0 Å². The van der Waals surface area contributed by atoms with Gasteiger partial charge >= 0.3 is 0 Å². The molecular weight excluding hydrogens is 1070 g/mol. The molecule has 0 bridgehead atoms. The van der Waals surface area contributed by atoms with Crippen molar-refractivity contribution in [3.05, 3.63) is 402 Å². The normalized spacial score (nSPS) is 13.1. The SMILES string of the molecule is c1ccc(-c2ccc(-n3c4ccccc4c4c(N(c5ccccc5)c5ccc6c(c5)-c5ccccc5C6(c5ccccc5)c5ccccc5)cc(N(c5ccccc5)c5ccc6c(c5)C(c5ccccc5)(c5ccccc5)c5ccccc5-6)cc43)cc2)cc1. The Morgan fingerprint density at radius 3 is 1.22 bits per heavy atom. The van der Waals surface area contributed by atoms with Crippen molar-refractivity contribution in [2.75, 3.05) is 9.80 Å². The van der Waals surface area contributed by atoms with Crippen molar-refractivity contribution in [2.45, 2.75) is 10.8 Å². The van der Waals surface area contributed by atoms with Crippen molar-refractivity contribution in [1.29, 1.82) is 0 Å². The van der Waals surface area contributed by atoms with Crippen molar-refractivity contribution in [3.63, 3.8) is 0 Å². The van der Waals surface area contributed by atoms with E-state index in [-0.39, 0.29) is 0 Å². The van der Waals surface area contributed by atoms with Crippen LogP contribution in [0, 0.1) is 0 Å². The van der Waals surface area contributed by atoms with E-state index in [1.807, 2.05) is 0 Å². The average molecular weight is 1130 g/mol. The molecule has 2 aliphatic carbocycles. The van der Waals surface area contributed by atoms with E-state index in [4.69, 9.17) is 0 Å². The maximum absolute atomic E-state index is 2.52. The van der Waals surface area contributed by atoms with Gasteiger partial charge in [-0.25, -0.2) is 0 Å². The summed E-state index contributed by atoms with van der Waals surface area (Å²) in [7, 11) is 0. The quantitative estimate of drug-likeness (QED) is 0.121. The third-order valence-corrected chi connectivity index (χ3v) is 18.9. The van der Waals surface area contributed by atoms with Crippen molar-refractivity contribution >= 4 is 55.9 Å². The molecule has 14 aromatic carbocycles. The zero-order valence-electron chi connectivity index (χ0n) is 48.9. The van der Waals surface area contributed by atoms with Gasteiger partial charge in [-0.15, -0.1) is 0 Å². The molecule has 0 aliphatic heterocycles. The Labute approximate surface area is 519 Å². The van der Waals surface area contributed by atoms with Gasteiger partial charge in [0, 0.05) is 39.2 Å². The molecule has 0 saturated heterocycles. The first-order valence-electron chi connectivity index (χ1n) is 30.8. The van der Waals surface area contributed by atoms with Gasteiger partial charge in [-0.2, -0.15) is 0 Å². The van der Waals surface area contributed by atoms with Gasteiger partial charge in [-0.05, 0) is 157 Å². The van der Waals surface area contributed by atoms with Crippen molar-refractivity contribution in [3.8, 4) is 39.1 Å². The second-order valence-corrected chi connectivity index (χ2v) is 23.5. The summed E-state index contributed by atoms with van der Waals surface area (Å²) in [5.41, 5.74) is 25.7. The topological polar surface area (TPSA) is 11.4 Å². The number of anilines is 6. The van der Waals surface area contributed by atoms with Crippen LogP contribution in [0.2, 0.25) is 0 Å². The number of aromatic nitrogens is 1. The molecule has 0 unspecified atom stereocenters. The zero-order valence-corrected chi connectivity index (χ0v) is 48.9.